The molecule has 0 spiro atoms. The van der Waals surface area contributed by atoms with Crippen LogP contribution in [0.5, 0.6) is 0 Å². The third-order valence-electron chi connectivity index (χ3n) is 3.21. The van der Waals surface area contributed by atoms with Crippen molar-refractivity contribution in [2.75, 3.05) is 0 Å². The molecule has 2 N–H and O–H groups in total. The van der Waals surface area contributed by atoms with Gasteiger partial charge in [0.1, 0.15) is 11.6 Å². The number of hydrogen-bond acceptors (Lipinski definition) is 2. The number of hydrogen-bond donors (Lipinski definition) is 1. The van der Waals surface area contributed by atoms with Crippen LogP contribution in [-0.2, 0) is 6.54 Å². The minimum Gasteiger partial charge on any atom is -0.326 e. The fourth-order valence-corrected chi connectivity index (χ4v) is 2.28. The van der Waals surface area contributed by atoms with E-state index < -0.39 is 0 Å². The molecule has 0 atom stereocenters. The first-order valence-corrected chi connectivity index (χ1v) is 6.13. The molecule has 3 nitrogen and oxygen atoms in total. The van der Waals surface area contributed by atoms with E-state index in [-0.39, 0.29) is 5.82 Å². The summed E-state index contributed by atoms with van der Waals surface area (Å²) in [4.78, 5) is 4.44. The summed E-state index contributed by atoms with van der Waals surface area (Å²) in [6, 6.07) is 12.5. The molecule has 0 amide bonds. The lowest BCUT2D eigenvalue weighted by Crippen LogP contribution is -1.99. The van der Waals surface area contributed by atoms with Gasteiger partial charge >= 0.3 is 0 Å². The van der Waals surface area contributed by atoms with Gasteiger partial charge in [0.05, 0.1) is 11.0 Å². The monoisotopic (exact) mass is 255 g/mol. The van der Waals surface area contributed by atoms with E-state index in [0.717, 1.165) is 28.1 Å². The molecule has 2 aromatic carbocycles. The van der Waals surface area contributed by atoms with Gasteiger partial charge in [0.25, 0.3) is 0 Å². The zero-order valence-corrected chi connectivity index (χ0v) is 10.6. The van der Waals surface area contributed by atoms with Gasteiger partial charge in [0, 0.05) is 18.3 Å². The van der Waals surface area contributed by atoms with E-state index in [1.165, 1.54) is 12.1 Å². The number of imidazole rings is 1. The van der Waals surface area contributed by atoms with E-state index >= 15 is 0 Å². The van der Waals surface area contributed by atoms with Crippen LogP contribution in [0.1, 0.15) is 11.4 Å². The lowest BCUT2D eigenvalue weighted by molar-refractivity contribution is 0.629. The summed E-state index contributed by atoms with van der Waals surface area (Å²) >= 11 is 0. The average Bonchev–Trinajstić information content (AvgIpc) is 2.74. The highest BCUT2D eigenvalue weighted by atomic mass is 19.1. The molecule has 0 aliphatic heterocycles. The molecule has 0 aliphatic carbocycles. The molecule has 1 aromatic heterocycles. The third kappa shape index (κ3) is 2.00. The first-order chi connectivity index (χ1) is 9.19. The number of benzene rings is 2. The molecule has 19 heavy (non-hydrogen) atoms. The second-order valence-electron chi connectivity index (χ2n) is 4.50. The lowest BCUT2D eigenvalue weighted by atomic mass is 10.2. The summed E-state index contributed by atoms with van der Waals surface area (Å²) in [7, 11) is 0. The number of nitrogens with zero attached hydrogens (tertiary/aromatic N) is 2. The molecule has 0 fully saturated rings. The van der Waals surface area contributed by atoms with Gasteiger partial charge in [-0.2, -0.15) is 0 Å². The Morgan fingerprint density at radius 2 is 1.89 bits per heavy atom. The van der Waals surface area contributed by atoms with Gasteiger partial charge in [-0.15, -0.1) is 0 Å². The second kappa shape index (κ2) is 4.48. The summed E-state index contributed by atoms with van der Waals surface area (Å²) in [5, 5.41) is 0. The Morgan fingerprint density at radius 3 is 2.58 bits per heavy atom. The highest BCUT2D eigenvalue weighted by molar-refractivity contribution is 5.78. The molecule has 0 radical (unpaired) electrons. The molecule has 0 saturated carbocycles. The van der Waals surface area contributed by atoms with Crippen molar-refractivity contribution >= 4 is 11.0 Å². The average molecular weight is 255 g/mol. The minimum absolute atomic E-state index is 0.257. The first kappa shape index (κ1) is 11.9. The maximum absolute atomic E-state index is 13.4. The molecule has 0 aliphatic rings. The van der Waals surface area contributed by atoms with Crippen molar-refractivity contribution in [3.8, 4) is 5.69 Å². The molecule has 4 heteroatoms. The van der Waals surface area contributed by atoms with Crippen LogP contribution in [0.3, 0.4) is 0 Å². The minimum atomic E-state index is -0.257. The molecule has 0 saturated heterocycles. The van der Waals surface area contributed by atoms with E-state index in [0.29, 0.717) is 6.54 Å². The molecule has 0 bridgehead atoms. The number of halogens is 1. The van der Waals surface area contributed by atoms with Crippen LogP contribution >= 0.6 is 0 Å². The maximum Gasteiger partial charge on any atom is 0.125 e. The molecular weight excluding hydrogens is 241 g/mol. The number of aromatic nitrogens is 2. The van der Waals surface area contributed by atoms with Crippen LogP contribution in [0.2, 0.25) is 0 Å². The number of nitrogens with two attached hydrogens (primary N) is 1. The Balaban J connectivity index is 2.22. The number of aryl methyl sites for hydroxylation is 1. The first-order valence-electron chi connectivity index (χ1n) is 6.13. The standard InChI is InChI=1S/C15H14FN3/c1-10-18-14-7-4-12(16)8-15(14)19(10)13-5-2-11(9-17)3-6-13/h2-8H,9,17H2,1H3. The SMILES string of the molecule is Cc1nc2ccc(F)cc2n1-c1ccc(CN)cc1. The van der Waals surface area contributed by atoms with E-state index in [4.69, 9.17) is 5.73 Å². The van der Waals surface area contributed by atoms with Crippen molar-refractivity contribution in [2.24, 2.45) is 5.73 Å². The van der Waals surface area contributed by atoms with Crippen molar-refractivity contribution in [2.45, 2.75) is 13.5 Å². The van der Waals surface area contributed by atoms with E-state index in [9.17, 15) is 4.39 Å². The smallest absolute Gasteiger partial charge is 0.125 e. The van der Waals surface area contributed by atoms with Crippen LogP contribution in [0.4, 0.5) is 4.39 Å². The van der Waals surface area contributed by atoms with Gasteiger partial charge in [-0.3, -0.25) is 4.57 Å². The number of fused-ring (bicyclic) bond motifs is 1. The van der Waals surface area contributed by atoms with Crippen LogP contribution in [0.25, 0.3) is 16.7 Å². The predicted molar refractivity (Wildman–Crippen MR) is 73.7 cm³/mol. The largest absolute Gasteiger partial charge is 0.326 e. The van der Waals surface area contributed by atoms with Gasteiger partial charge in [-0.25, -0.2) is 9.37 Å². The molecular formula is C15H14FN3. The van der Waals surface area contributed by atoms with Crippen molar-refractivity contribution < 1.29 is 4.39 Å². The highest BCUT2D eigenvalue weighted by Crippen LogP contribution is 2.22. The fraction of sp³-hybridized carbons (Fsp3) is 0.133. The maximum atomic E-state index is 13.4. The van der Waals surface area contributed by atoms with E-state index in [1.54, 1.807) is 6.07 Å². The van der Waals surface area contributed by atoms with Gasteiger partial charge < -0.3 is 5.73 Å². The Bertz CT molecular complexity index is 729. The summed E-state index contributed by atoms with van der Waals surface area (Å²) in [5.41, 5.74) is 9.19. The summed E-state index contributed by atoms with van der Waals surface area (Å²) < 4.78 is 15.3. The highest BCUT2D eigenvalue weighted by Gasteiger charge is 2.09. The fourth-order valence-electron chi connectivity index (χ4n) is 2.28. The van der Waals surface area contributed by atoms with Gasteiger partial charge in [0.2, 0.25) is 0 Å². The van der Waals surface area contributed by atoms with Crippen LogP contribution in [0, 0.1) is 12.7 Å². The van der Waals surface area contributed by atoms with Crippen LogP contribution in [0.15, 0.2) is 42.5 Å². The Morgan fingerprint density at radius 1 is 1.16 bits per heavy atom. The summed E-state index contributed by atoms with van der Waals surface area (Å²) in [6.07, 6.45) is 0. The Hall–Kier alpha value is -2.20. The summed E-state index contributed by atoms with van der Waals surface area (Å²) in [5.74, 6) is 0.577. The molecule has 96 valence electrons. The Labute approximate surface area is 110 Å². The summed E-state index contributed by atoms with van der Waals surface area (Å²) in [6.45, 7) is 2.42. The van der Waals surface area contributed by atoms with E-state index in [1.807, 2.05) is 35.8 Å². The third-order valence-corrected chi connectivity index (χ3v) is 3.21. The molecule has 0 unspecified atom stereocenters. The second-order valence-corrected chi connectivity index (χ2v) is 4.50. The van der Waals surface area contributed by atoms with Crippen molar-refractivity contribution in [1.82, 2.24) is 9.55 Å². The molecule has 1 heterocycles. The normalized spacial score (nSPS) is 11.1. The lowest BCUT2D eigenvalue weighted by Gasteiger charge is -2.07. The molecule has 3 rings (SSSR count). The van der Waals surface area contributed by atoms with Gasteiger partial charge in [-0.1, -0.05) is 12.1 Å². The Kier molecular flexibility index (Phi) is 2.80. The zero-order valence-electron chi connectivity index (χ0n) is 10.6. The zero-order chi connectivity index (χ0) is 13.4. The van der Waals surface area contributed by atoms with Crippen LogP contribution < -0.4 is 5.73 Å². The number of rotatable bonds is 2. The van der Waals surface area contributed by atoms with Crippen molar-refractivity contribution in [3.05, 3.63) is 59.7 Å². The predicted octanol–water partition coefficient (Wildman–Crippen LogP) is 2.93. The van der Waals surface area contributed by atoms with Gasteiger partial charge in [0.15, 0.2) is 0 Å². The van der Waals surface area contributed by atoms with Crippen molar-refractivity contribution in [1.29, 1.82) is 0 Å². The van der Waals surface area contributed by atoms with Gasteiger partial charge in [-0.05, 0) is 36.8 Å². The topological polar surface area (TPSA) is 43.8 Å². The molecule has 3 aromatic rings. The van der Waals surface area contributed by atoms with Crippen LogP contribution in [-0.4, -0.2) is 9.55 Å². The quantitative estimate of drug-likeness (QED) is 0.765. The van der Waals surface area contributed by atoms with Crippen molar-refractivity contribution in [3.63, 3.8) is 0 Å². The van der Waals surface area contributed by atoms with E-state index in [2.05, 4.69) is 4.98 Å².